The van der Waals surface area contributed by atoms with Crippen LogP contribution in [0, 0.1) is 6.92 Å². The fourth-order valence-corrected chi connectivity index (χ4v) is 1.79. The molecule has 0 aliphatic rings. The summed E-state index contributed by atoms with van der Waals surface area (Å²) >= 11 is 0. The fraction of sp³-hybridized carbons (Fsp3) is 0.357. The number of urea groups is 1. The molecule has 0 aromatic heterocycles. The molecule has 1 rings (SSSR count). The standard InChI is InChI=1S/C14H18N2O5/c1-9-4-3-5-10(6-9)8-16(2)14(21)15-11(13(19)20)7-12(17)18/h3-6,11H,7-8H2,1-2H3,(H,15,21)(H,17,18)(H,19,20). The number of aliphatic carboxylic acids is 2. The van der Waals surface area contributed by atoms with Crippen LogP contribution in [-0.2, 0) is 16.1 Å². The number of benzene rings is 1. The average Bonchev–Trinajstić information content (AvgIpc) is 2.37. The maximum absolute atomic E-state index is 11.9. The number of aryl methyl sites for hydroxylation is 1. The van der Waals surface area contributed by atoms with Crippen LogP contribution in [0.3, 0.4) is 0 Å². The Morgan fingerprint density at radius 1 is 1.29 bits per heavy atom. The lowest BCUT2D eigenvalue weighted by molar-refractivity contribution is -0.145. The summed E-state index contributed by atoms with van der Waals surface area (Å²) in [5, 5.41) is 19.7. The Balaban J connectivity index is 2.64. The summed E-state index contributed by atoms with van der Waals surface area (Å²) in [5.74, 6) is -2.67. The van der Waals surface area contributed by atoms with Gasteiger partial charge < -0.3 is 20.4 Å². The zero-order valence-corrected chi connectivity index (χ0v) is 11.9. The van der Waals surface area contributed by atoms with E-state index >= 15 is 0 Å². The predicted molar refractivity (Wildman–Crippen MR) is 74.9 cm³/mol. The van der Waals surface area contributed by atoms with Crippen LogP contribution in [0.4, 0.5) is 4.79 Å². The summed E-state index contributed by atoms with van der Waals surface area (Å²) in [6.07, 6.45) is -0.667. The number of carbonyl (C=O) groups is 3. The molecule has 3 N–H and O–H groups in total. The first-order valence-corrected chi connectivity index (χ1v) is 6.31. The zero-order chi connectivity index (χ0) is 16.0. The van der Waals surface area contributed by atoms with Gasteiger partial charge in [-0.15, -0.1) is 0 Å². The van der Waals surface area contributed by atoms with Gasteiger partial charge in [-0.25, -0.2) is 9.59 Å². The third-order valence-electron chi connectivity index (χ3n) is 2.82. The highest BCUT2D eigenvalue weighted by Crippen LogP contribution is 2.07. The van der Waals surface area contributed by atoms with Crippen LogP contribution >= 0.6 is 0 Å². The van der Waals surface area contributed by atoms with Crippen LogP contribution in [0.1, 0.15) is 17.5 Å². The molecule has 0 radical (unpaired) electrons. The van der Waals surface area contributed by atoms with E-state index in [0.717, 1.165) is 11.1 Å². The van der Waals surface area contributed by atoms with Crippen LogP contribution in [-0.4, -0.2) is 46.2 Å². The van der Waals surface area contributed by atoms with Gasteiger partial charge in [0.05, 0.1) is 6.42 Å². The minimum Gasteiger partial charge on any atom is -0.481 e. The molecule has 1 atom stereocenters. The molecule has 114 valence electrons. The van der Waals surface area contributed by atoms with E-state index in [1.54, 1.807) is 0 Å². The number of carboxylic acids is 2. The molecule has 0 aliphatic heterocycles. The first-order valence-electron chi connectivity index (χ1n) is 6.31. The minimum absolute atomic E-state index is 0.299. The molecule has 0 saturated carbocycles. The molecule has 0 saturated heterocycles. The third-order valence-corrected chi connectivity index (χ3v) is 2.82. The Bertz CT molecular complexity index is 544. The highest BCUT2D eigenvalue weighted by atomic mass is 16.4. The van der Waals surface area contributed by atoms with Gasteiger partial charge in [-0.1, -0.05) is 29.8 Å². The lowest BCUT2D eigenvalue weighted by atomic mass is 10.1. The third kappa shape index (κ3) is 5.52. The molecule has 0 heterocycles. The molecule has 0 bridgehead atoms. The number of nitrogens with zero attached hydrogens (tertiary/aromatic N) is 1. The van der Waals surface area contributed by atoms with Crippen molar-refractivity contribution in [1.82, 2.24) is 10.2 Å². The molecule has 7 heteroatoms. The van der Waals surface area contributed by atoms with Gasteiger partial charge in [-0.3, -0.25) is 4.79 Å². The van der Waals surface area contributed by atoms with Crippen LogP contribution in [0.15, 0.2) is 24.3 Å². The lowest BCUT2D eigenvalue weighted by Gasteiger charge is -2.21. The Hall–Kier alpha value is -2.57. The van der Waals surface area contributed by atoms with E-state index in [4.69, 9.17) is 10.2 Å². The van der Waals surface area contributed by atoms with Crippen LogP contribution < -0.4 is 5.32 Å². The average molecular weight is 294 g/mol. The Morgan fingerprint density at radius 2 is 1.95 bits per heavy atom. The van der Waals surface area contributed by atoms with Crippen molar-refractivity contribution in [2.75, 3.05) is 7.05 Å². The first-order chi connectivity index (χ1) is 9.79. The van der Waals surface area contributed by atoms with Crippen molar-refractivity contribution < 1.29 is 24.6 Å². The second-order valence-electron chi connectivity index (χ2n) is 4.78. The van der Waals surface area contributed by atoms with Crippen molar-refractivity contribution in [2.24, 2.45) is 0 Å². The van der Waals surface area contributed by atoms with Crippen molar-refractivity contribution in [3.8, 4) is 0 Å². The summed E-state index contributed by atoms with van der Waals surface area (Å²) in [5.41, 5.74) is 1.95. The number of amides is 2. The van der Waals surface area contributed by atoms with Crippen LogP contribution in [0.25, 0.3) is 0 Å². The van der Waals surface area contributed by atoms with Crippen molar-refractivity contribution in [2.45, 2.75) is 25.9 Å². The van der Waals surface area contributed by atoms with Crippen molar-refractivity contribution in [3.05, 3.63) is 35.4 Å². The quantitative estimate of drug-likeness (QED) is 0.727. The van der Waals surface area contributed by atoms with E-state index in [9.17, 15) is 14.4 Å². The smallest absolute Gasteiger partial charge is 0.326 e. The first kappa shape index (κ1) is 16.5. The molecule has 1 aromatic rings. The number of carbonyl (C=O) groups excluding carboxylic acids is 1. The molecule has 7 nitrogen and oxygen atoms in total. The lowest BCUT2D eigenvalue weighted by Crippen LogP contribution is -2.47. The molecule has 1 aromatic carbocycles. The summed E-state index contributed by atoms with van der Waals surface area (Å²) < 4.78 is 0. The largest absolute Gasteiger partial charge is 0.481 e. The monoisotopic (exact) mass is 294 g/mol. The zero-order valence-electron chi connectivity index (χ0n) is 11.9. The maximum atomic E-state index is 11.9. The van der Waals surface area contributed by atoms with E-state index in [1.165, 1.54) is 11.9 Å². The van der Waals surface area contributed by atoms with Crippen molar-refractivity contribution in [3.63, 3.8) is 0 Å². The van der Waals surface area contributed by atoms with Gasteiger partial charge in [0, 0.05) is 13.6 Å². The Labute approximate surface area is 122 Å². The van der Waals surface area contributed by atoms with E-state index in [0.29, 0.717) is 6.54 Å². The van der Waals surface area contributed by atoms with Gasteiger partial charge in [0.15, 0.2) is 0 Å². The summed E-state index contributed by atoms with van der Waals surface area (Å²) in [6, 6.07) is 5.47. The molecule has 0 fully saturated rings. The number of nitrogens with one attached hydrogen (secondary N) is 1. The van der Waals surface area contributed by atoms with Gasteiger partial charge in [-0.05, 0) is 12.5 Å². The van der Waals surface area contributed by atoms with E-state index in [2.05, 4.69) is 5.32 Å². The van der Waals surface area contributed by atoms with E-state index < -0.39 is 30.4 Å². The van der Waals surface area contributed by atoms with Gasteiger partial charge in [0.2, 0.25) is 0 Å². The molecule has 21 heavy (non-hydrogen) atoms. The molecule has 2 amide bonds. The summed E-state index contributed by atoms with van der Waals surface area (Å²) in [6.45, 7) is 2.23. The minimum atomic E-state index is -1.45. The maximum Gasteiger partial charge on any atom is 0.326 e. The molecule has 0 aliphatic carbocycles. The predicted octanol–water partition coefficient (Wildman–Crippen LogP) is 1.06. The Morgan fingerprint density at radius 3 is 2.48 bits per heavy atom. The van der Waals surface area contributed by atoms with Gasteiger partial charge in [-0.2, -0.15) is 0 Å². The van der Waals surface area contributed by atoms with Gasteiger partial charge in [0.1, 0.15) is 6.04 Å². The van der Waals surface area contributed by atoms with Gasteiger partial charge in [0.25, 0.3) is 0 Å². The van der Waals surface area contributed by atoms with Crippen molar-refractivity contribution in [1.29, 1.82) is 0 Å². The Kier molecular flexibility index (Phi) is 5.71. The fourth-order valence-electron chi connectivity index (χ4n) is 1.79. The van der Waals surface area contributed by atoms with E-state index in [-0.39, 0.29) is 0 Å². The summed E-state index contributed by atoms with van der Waals surface area (Å²) in [4.78, 5) is 34.7. The number of rotatable bonds is 6. The second-order valence-corrected chi connectivity index (χ2v) is 4.78. The van der Waals surface area contributed by atoms with Crippen LogP contribution in [0.5, 0.6) is 0 Å². The van der Waals surface area contributed by atoms with Crippen LogP contribution in [0.2, 0.25) is 0 Å². The normalized spacial score (nSPS) is 11.5. The second kappa shape index (κ2) is 7.28. The summed E-state index contributed by atoms with van der Waals surface area (Å²) in [7, 11) is 1.51. The molecule has 1 unspecified atom stereocenters. The highest BCUT2D eigenvalue weighted by Gasteiger charge is 2.24. The highest BCUT2D eigenvalue weighted by molar-refractivity contribution is 5.86. The van der Waals surface area contributed by atoms with Crippen molar-refractivity contribution >= 4 is 18.0 Å². The molecular weight excluding hydrogens is 276 g/mol. The molecule has 0 spiro atoms. The van der Waals surface area contributed by atoms with Gasteiger partial charge >= 0.3 is 18.0 Å². The van der Waals surface area contributed by atoms with E-state index in [1.807, 2.05) is 31.2 Å². The molecular formula is C14H18N2O5. The number of hydrogen-bond donors (Lipinski definition) is 3. The number of carboxylic acid groups (broad SMARTS) is 2. The SMILES string of the molecule is Cc1cccc(CN(C)C(=O)NC(CC(=O)O)C(=O)O)c1. The number of hydrogen-bond acceptors (Lipinski definition) is 3. The topological polar surface area (TPSA) is 107 Å².